The summed E-state index contributed by atoms with van der Waals surface area (Å²) in [5.74, 6) is 1.02. The number of Topliss-reactive ketones (excluding diaryl/α,β-unsaturated/α-hetero) is 1. The quantitative estimate of drug-likeness (QED) is 0.650. The van der Waals surface area contributed by atoms with Crippen molar-refractivity contribution in [2.75, 3.05) is 18.5 Å². The summed E-state index contributed by atoms with van der Waals surface area (Å²) in [7, 11) is 0. The number of hydrogen-bond acceptors (Lipinski definition) is 6. The van der Waals surface area contributed by atoms with Crippen molar-refractivity contribution < 1.29 is 19.1 Å². The molecule has 0 unspecified atom stereocenters. The van der Waals surface area contributed by atoms with Gasteiger partial charge in [0.25, 0.3) is 5.91 Å². The molecular weight excluding hydrogens is 378 g/mol. The van der Waals surface area contributed by atoms with E-state index in [9.17, 15) is 9.59 Å². The topological polar surface area (TPSA) is 93.3 Å². The third kappa shape index (κ3) is 3.27. The summed E-state index contributed by atoms with van der Waals surface area (Å²) in [6, 6.07) is 5.65. The summed E-state index contributed by atoms with van der Waals surface area (Å²) >= 11 is 1.33. The summed E-state index contributed by atoms with van der Waals surface area (Å²) in [6.45, 7) is 6.10. The van der Waals surface area contributed by atoms with Crippen LogP contribution in [0, 0.1) is 13.8 Å². The summed E-state index contributed by atoms with van der Waals surface area (Å²) in [5, 5.41) is 5.15. The summed E-state index contributed by atoms with van der Waals surface area (Å²) in [6.07, 6.45) is 0. The van der Waals surface area contributed by atoms with E-state index in [0.29, 0.717) is 46.6 Å². The molecule has 0 spiro atoms. The Morgan fingerprint density at radius 3 is 2.64 bits per heavy atom. The van der Waals surface area contributed by atoms with Crippen molar-refractivity contribution in [2.45, 2.75) is 20.8 Å². The molecule has 1 aliphatic rings. The molecule has 8 heteroatoms. The van der Waals surface area contributed by atoms with Crippen LogP contribution < -0.4 is 14.8 Å². The fourth-order valence-electron chi connectivity index (χ4n) is 3.33. The minimum Gasteiger partial charge on any atom is -0.486 e. The zero-order valence-electron chi connectivity index (χ0n) is 15.7. The minimum atomic E-state index is -0.323. The molecule has 1 aliphatic heterocycles. The maximum absolute atomic E-state index is 12.6. The molecule has 3 heterocycles. The van der Waals surface area contributed by atoms with Crippen LogP contribution in [0.2, 0.25) is 0 Å². The molecule has 0 radical (unpaired) electrons. The fraction of sp³-hybridized carbons (Fsp3) is 0.250. The zero-order chi connectivity index (χ0) is 19.8. The number of aromatic nitrogens is 2. The number of hydrogen-bond donors (Lipinski definition) is 2. The lowest BCUT2D eigenvalue weighted by Gasteiger charge is -2.18. The Morgan fingerprint density at radius 1 is 1.18 bits per heavy atom. The SMILES string of the molecule is CC(=O)c1c(C)[nH]c(C(=O)Nc2nc(-c3ccc4c(c3)OCCO4)cs2)c1C. The van der Waals surface area contributed by atoms with Crippen molar-refractivity contribution in [2.24, 2.45) is 0 Å². The van der Waals surface area contributed by atoms with Crippen molar-refractivity contribution in [1.82, 2.24) is 9.97 Å². The second-order valence-corrected chi connectivity index (χ2v) is 7.39. The van der Waals surface area contributed by atoms with E-state index in [1.54, 1.807) is 13.8 Å². The van der Waals surface area contributed by atoms with Gasteiger partial charge in [0.15, 0.2) is 22.4 Å². The van der Waals surface area contributed by atoms with Gasteiger partial charge in [-0.15, -0.1) is 11.3 Å². The van der Waals surface area contributed by atoms with Gasteiger partial charge in [-0.05, 0) is 44.5 Å². The zero-order valence-corrected chi connectivity index (χ0v) is 16.5. The molecule has 2 aromatic heterocycles. The van der Waals surface area contributed by atoms with Crippen molar-refractivity contribution >= 4 is 28.2 Å². The standard InChI is InChI=1S/C20H19N3O4S/c1-10-17(12(3)24)11(2)21-18(10)19(25)23-20-22-14(9-28-20)13-4-5-15-16(8-13)27-7-6-26-15/h4-5,8-9,21H,6-7H2,1-3H3,(H,22,23,25). The molecule has 144 valence electrons. The summed E-state index contributed by atoms with van der Waals surface area (Å²) in [4.78, 5) is 31.9. The van der Waals surface area contributed by atoms with E-state index in [1.165, 1.54) is 18.3 Å². The van der Waals surface area contributed by atoms with Gasteiger partial charge in [0, 0.05) is 22.2 Å². The van der Waals surface area contributed by atoms with Crippen molar-refractivity contribution in [3.8, 4) is 22.8 Å². The smallest absolute Gasteiger partial charge is 0.274 e. The van der Waals surface area contributed by atoms with Gasteiger partial charge in [-0.2, -0.15) is 0 Å². The lowest BCUT2D eigenvalue weighted by Crippen LogP contribution is -2.15. The van der Waals surface area contributed by atoms with Gasteiger partial charge < -0.3 is 14.5 Å². The average Bonchev–Trinajstić information content (AvgIpc) is 3.25. The number of ether oxygens (including phenoxy) is 2. The van der Waals surface area contributed by atoms with Gasteiger partial charge >= 0.3 is 0 Å². The van der Waals surface area contributed by atoms with Crippen LogP contribution in [0.5, 0.6) is 11.5 Å². The van der Waals surface area contributed by atoms with Gasteiger partial charge in [-0.1, -0.05) is 0 Å². The Labute approximate surface area is 165 Å². The van der Waals surface area contributed by atoms with Crippen LogP contribution in [-0.2, 0) is 0 Å². The first-order valence-corrected chi connectivity index (χ1v) is 9.69. The number of aryl methyl sites for hydroxylation is 1. The first-order valence-electron chi connectivity index (χ1n) is 8.81. The molecule has 0 atom stereocenters. The van der Waals surface area contributed by atoms with Crippen LogP contribution in [0.3, 0.4) is 0 Å². The third-order valence-electron chi connectivity index (χ3n) is 4.58. The number of thiazole rings is 1. The molecule has 28 heavy (non-hydrogen) atoms. The Kier molecular flexibility index (Phi) is 4.64. The normalized spacial score (nSPS) is 12.7. The second-order valence-electron chi connectivity index (χ2n) is 6.53. The number of H-pyrrole nitrogens is 1. The lowest BCUT2D eigenvalue weighted by molar-refractivity contribution is 0.101. The number of ketones is 1. The number of carbonyl (C=O) groups excluding carboxylic acids is 2. The predicted molar refractivity (Wildman–Crippen MR) is 107 cm³/mol. The molecule has 2 N–H and O–H groups in total. The molecule has 0 saturated carbocycles. The number of nitrogens with one attached hydrogen (secondary N) is 2. The van der Waals surface area contributed by atoms with Crippen molar-refractivity contribution in [1.29, 1.82) is 0 Å². The van der Waals surface area contributed by atoms with Gasteiger partial charge in [0.05, 0.1) is 5.69 Å². The molecule has 0 aliphatic carbocycles. The number of carbonyl (C=O) groups is 2. The first kappa shape index (κ1) is 18.2. The second kappa shape index (κ2) is 7.12. The van der Waals surface area contributed by atoms with Gasteiger partial charge in [0.1, 0.15) is 18.9 Å². The molecule has 1 aromatic carbocycles. The van der Waals surface area contributed by atoms with Gasteiger partial charge in [-0.3, -0.25) is 14.9 Å². The Bertz CT molecular complexity index is 1080. The monoisotopic (exact) mass is 397 g/mol. The highest BCUT2D eigenvalue weighted by Gasteiger charge is 2.21. The van der Waals surface area contributed by atoms with E-state index < -0.39 is 0 Å². The largest absolute Gasteiger partial charge is 0.486 e. The van der Waals surface area contributed by atoms with Crippen LogP contribution in [0.15, 0.2) is 23.6 Å². The van der Waals surface area contributed by atoms with Crippen LogP contribution >= 0.6 is 11.3 Å². The number of aromatic amines is 1. The fourth-order valence-corrected chi connectivity index (χ4v) is 4.05. The Balaban J connectivity index is 1.55. The van der Waals surface area contributed by atoms with E-state index >= 15 is 0 Å². The molecule has 0 fully saturated rings. The Hall–Kier alpha value is -3.13. The van der Waals surface area contributed by atoms with E-state index in [4.69, 9.17) is 9.47 Å². The lowest BCUT2D eigenvalue weighted by atomic mass is 10.1. The van der Waals surface area contributed by atoms with Crippen molar-refractivity contribution in [3.63, 3.8) is 0 Å². The number of rotatable bonds is 4. The molecule has 0 saturated heterocycles. The summed E-state index contributed by atoms with van der Waals surface area (Å²) < 4.78 is 11.1. The van der Waals surface area contributed by atoms with Gasteiger partial charge in [-0.25, -0.2) is 4.98 Å². The van der Waals surface area contributed by atoms with E-state index in [1.807, 2.05) is 23.6 Å². The highest BCUT2D eigenvalue weighted by atomic mass is 32.1. The highest BCUT2D eigenvalue weighted by molar-refractivity contribution is 7.14. The Morgan fingerprint density at radius 2 is 1.93 bits per heavy atom. The van der Waals surface area contributed by atoms with Crippen LogP contribution in [0.1, 0.15) is 39.0 Å². The number of anilines is 1. The number of benzene rings is 1. The molecular formula is C20H19N3O4S. The van der Waals surface area contributed by atoms with E-state index in [0.717, 1.165) is 17.0 Å². The number of fused-ring (bicyclic) bond motifs is 1. The van der Waals surface area contributed by atoms with Crippen LogP contribution in [0.25, 0.3) is 11.3 Å². The van der Waals surface area contributed by atoms with Crippen molar-refractivity contribution in [3.05, 3.63) is 46.1 Å². The maximum atomic E-state index is 12.6. The number of amides is 1. The minimum absolute atomic E-state index is 0.0690. The molecule has 3 aromatic rings. The molecule has 0 bridgehead atoms. The predicted octanol–water partition coefficient (Wildman–Crippen LogP) is 3.98. The molecule has 1 amide bonds. The van der Waals surface area contributed by atoms with Crippen LogP contribution in [0.4, 0.5) is 5.13 Å². The van der Waals surface area contributed by atoms with Crippen LogP contribution in [-0.4, -0.2) is 34.9 Å². The highest BCUT2D eigenvalue weighted by Crippen LogP contribution is 2.35. The molecule has 7 nitrogen and oxygen atoms in total. The first-order chi connectivity index (χ1) is 13.4. The average molecular weight is 397 g/mol. The maximum Gasteiger partial charge on any atom is 0.274 e. The molecule has 4 rings (SSSR count). The van der Waals surface area contributed by atoms with E-state index in [-0.39, 0.29) is 11.7 Å². The number of nitrogens with zero attached hydrogens (tertiary/aromatic N) is 1. The summed E-state index contributed by atoms with van der Waals surface area (Å²) in [5.41, 5.74) is 3.88. The third-order valence-corrected chi connectivity index (χ3v) is 5.34. The van der Waals surface area contributed by atoms with E-state index in [2.05, 4.69) is 15.3 Å². The van der Waals surface area contributed by atoms with Gasteiger partial charge in [0.2, 0.25) is 0 Å².